The van der Waals surface area contributed by atoms with E-state index in [0.717, 1.165) is 35.9 Å². The van der Waals surface area contributed by atoms with Crippen molar-refractivity contribution < 1.29 is 14.6 Å². The molecule has 1 unspecified atom stereocenters. The fraction of sp³-hybridized carbons (Fsp3) is 0.533. The summed E-state index contributed by atoms with van der Waals surface area (Å²) in [7, 11) is 3.07. The van der Waals surface area contributed by atoms with Crippen LogP contribution in [0.3, 0.4) is 0 Å². The van der Waals surface area contributed by atoms with Gasteiger partial charge in [-0.3, -0.25) is 0 Å². The molecule has 0 aromatic heterocycles. The molecule has 0 bridgehead atoms. The Hall–Kier alpha value is -1.18. The number of aromatic hydroxyl groups is 1. The van der Waals surface area contributed by atoms with Crippen LogP contribution in [0.1, 0.15) is 5.56 Å². The number of benzene rings is 1. The molecule has 1 aromatic carbocycles. The highest BCUT2D eigenvalue weighted by Gasteiger charge is 2.25. The minimum absolute atomic E-state index is 0.0343. The third-order valence-corrected chi connectivity index (χ3v) is 5.09. The molecule has 2 rings (SSSR count). The highest BCUT2D eigenvalue weighted by Crippen LogP contribution is 2.37. The lowest BCUT2D eigenvalue weighted by Gasteiger charge is -2.37. The average molecular weight is 342 g/mol. The minimum atomic E-state index is 0.0343. The summed E-state index contributed by atoms with van der Waals surface area (Å²) in [5.74, 6) is 0.890. The number of hydrogen-bond acceptors (Lipinski definition) is 6. The van der Waals surface area contributed by atoms with Gasteiger partial charge < -0.3 is 24.8 Å². The Morgan fingerprint density at radius 2 is 2.05 bits per heavy atom. The number of rotatable bonds is 4. The van der Waals surface area contributed by atoms with Gasteiger partial charge in [-0.1, -0.05) is 12.2 Å². The van der Waals surface area contributed by atoms with E-state index >= 15 is 0 Å². The van der Waals surface area contributed by atoms with E-state index in [1.54, 1.807) is 11.8 Å². The standard InChI is InChI=1S/C15H22N2O3S2/c1-19-12-7-10(8-13(20-2)14(12)18)6-11-9-16-4-5-17(11)15(21)22-3/h7-8,11,16,18H,4-6,9H2,1-3H3. The van der Waals surface area contributed by atoms with E-state index in [1.807, 2.05) is 18.4 Å². The van der Waals surface area contributed by atoms with Crippen molar-refractivity contribution >= 4 is 28.3 Å². The Morgan fingerprint density at radius 1 is 1.41 bits per heavy atom. The number of phenolic OH excluding ortho intramolecular Hbond substituents is 1. The van der Waals surface area contributed by atoms with Crippen molar-refractivity contribution in [2.45, 2.75) is 12.5 Å². The molecule has 1 aliphatic heterocycles. The summed E-state index contributed by atoms with van der Waals surface area (Å²) in [6, 6.07) is 3.99. The summed E-state index contributed by atoms with van der Waals surface area (Å²) >= 11 is 7.06. The van der Waals surface area contributed by atoms with Crippen molar-refractivity contribution in [1.82, 2.24) is 10.2 Å². The maximum absolute atomic E-state index is 10.0. The van der Waals surface area contributed by atoms with E-state index in [0.29, 0.717) is 11.5 Å². The van der Waals surface area contributed by atoms with E-state index in [1.165, 1.54) is 14.2 Å². The van der Waals surface area contributed by atoms with Crippen LogP contribution in [0.5, 0.6) is 17.2 Å². The molecule has 22 heavy (non-hydrogen) atoms. The molecule has 1 saturated heterocycles. The third kappa shape index (κ3) is 3.77. The van der Waals surface area contributed by atoms with Gasteiger partial charge in [0.25, 0.3) is 0 Å². The molecule has 2 N–H and O–H groups in total. The molecular formula is C15H22N2O3S2. The van der Waals surface area contributed by atoms with Crippen LogP contribution < -0.4 is 14.8 Å². The third-order valence-electron chi connectivity index (χ3n) is 3.77. The molecule has 1 atom stereocenters. The molecule has 0 radical (unpaired) electrons. The number of nitrogens with zero attached hydrogens (tertiary/aromatic N) is 1. The summed E-state index contributed by atoms with van der Waals surface area (Å²) in [6.07, 6.45) is 2.81. The zero-order chi connectivity index (χ0) is 16.1. The van der Waals surface area contributed by atoms with Crippen LogP contribution in [-0.4, -0.2) is 60.5 Å². The monoisotopic (exact) mass is 342 g/mol. The van der Waals surface area contributed by atoms with Crippen molar-refractivity contribution in [2.75, 3.05) is 40.1 Å². The average Bonchev–Trinajstić information content (AvgIpc) is 2.56. The Bertz CT molecular complexity index is 515. The van der Waals surface area contributed by atoms with Crippen LogP contribution in [0.2, 0.25) is 0 Å². The first kappa shape index (κ1) is 17.2. The van der Waals surface area contributed by atoms with Crippen LogP contribution in [0.25, 0.3) is 0 Å². The van der Waals surface area contributed by atoms with Gasteiger partial charge in [0.05, 0.1) is 14.2 Å². The van der Waals surface area contributed by atoms with E-state index < -0.39 is 0 Å². The van der Waals surface area contributed by atoms with Gasteiger partial charge in [0.15, 0.2) is 11.5 Å². The van der Waals surface area contributed by atoms with Crippen molar-refractivity contribution in [1.29, 1.82) is 0 Å². The smallest absolute Gasteiger partial charge is 0.200 e. The predicted molar refractivity (Wildman–Crippen MR) is 94.4 cm³/mol. The van der Waals surface area contributed by atoms with Gasteiger partial charge in [0.1, 0.15) is 4.32 Å². The molecule has 7 heteroatoms. The molecule has 122 valence electrons. The molecule has 1 aliphatic rings. The number of methoxy groups -OCH3 is 2. The fourth-order valence-corrected chi connectivity index (χ4v) is 3.35. The summed E-state index contributed by atoms with van der Waals surface area (Å²) < 4.78 is 11.4. The van der Waals surface area contributed by atoms with Crippen molar-refractivity contribution in [3.05, 3.63) is 17.7 Å². The highest BCUT2D eigenvalue weighted by molar-refractivity contribution is 8.22. The second-order valence-electron chi connectivity index (χ2n) is 5.07. The van der Waals surface area contributed by atoms with E-state index in [-0.39, 0.29) is 11.8 Å². The quantitative estimate of drug-likeness (QED) is 0.810. The van der Waals surface area contributed by atoms with Crippen molar-refractivity contribution in [3.8, 4) is 17.2 Å². The zero-order valence-electron chi connectivity index (χ0n) is 13.1. The van der Waals surface area contributed by atoms with Crippen molar-refractivity contribution in [3.63, 3.8) is 0 Å². The normalized spacial score (nSPS) is 18.1. The van der Waals surface area contributed by atoms with Crippen LogP contribution >= 0.6 is 24.0 Å². The van der Waals surface area contributed by atoms with E-state index in [4.69, 9.17) is 21.7 Å². The molecule has 1 fully saturated rings. The number of hydrogen-bond donors (Lipinski definition) is 2. The maximum atomic E-state index is 10.0. The number of thiocarbonyl (C=S) groups is 1. The first-order valence-electron chi connectivity index (χ1n) is 7.09. The lowest BCUT2D eigenvalue weighted by atomic mass is 10.0. The van der Waals surface area contributed by atoms with Gasteiger partial charge in [-0.15, -0.1) is 11.8 Å². The second kappa shape index (κ2) is 7.89. The Balaban J connectivity index is 2.22. The van der Waals surface area contributed by atoms with Crippen LogP contribution in [0.4, 0.5) is 0 Å². The Morgan fingerprint density at radius 3 is 2.59 bits per heavy atom. The summed E-state index contributed by atoms with van der Waals surface area (Å²) in [5.41, 5.74) is 1.05. The zero-order valence-corrected chi connectivity index (χ0v) is 14.7. The van der Waals surface area contributed by atoms with Gasteiger partial charge in [0.2, 0.25) is 5.75 Å². The number of ether oxygens (including phenoxy) is 2. The summed E-state index contributed by atoms with van der Waals surface area (Å²) in [4.78, 5) is 2.27. The molecule has 5 nitrogen and oxygen atoms in total. The first-order valence-corrected chi connectivity index (χ1v) is 8.73. The summed E-state index contributed by atoms with van der Waals surface area (Å²) in [5, 5.41) is 13.4. The molecule has 0 saturated carbocycles. The largest absolute Gasteiger partial charge is 0.502 e. The van der Waals surface area contributed by atoms with Crippen LogP contribution in [0, 0.1) is 0 Å². The molecular weight excluding hydrogens is 320 g/mol. The Kier molecular flexibility index (Phi) is 6.16. The first-order chi connectivity index (χ1) is 10.6. The minimum Gasteiger partial charge on any atom is -0.502 e. The van der Waals surface area contributed by atoms with Gasteiger partial charge >= 0.3 is 0 Å². The number of phenols is 1. The molecule has 1 heterocycles. The topological polar surface area (TPSA) is 54.0 Å². The van der Waals surface area contributed by atoms with Gasteiger partial charge in [-0.05, 0) is 30.4 Å². The van der Waals surface area contributed by atoms with Crippen molar-refractivity contribution in [2.24, 2.45) is 0 Å². The number of piperazine rings is 1. The highest BCUT2D eigenvalue weighted by atomic mass is 32.2. The van der Waals surface area contributed by atoms with Gasteiger partial charge in [0, 0.05) is 25.7 Å². The molecule has 0 spiro atoms. The lowest BCUT2D eigenvalue weighted by molar-refractivity contribution is 0.263. The Labute approximate surface area is 141 Å². The van der Waals surface area contributed by atoms with E-state index in [9.17, 15) is 5.11 Å². The number of nitrogens with one attached hydrogen (secondary N) is 1. The summed E-state index contributed by atoms with van der Waals surface area (Å²) in [6.45, 7) is 2.74. The fourth-order valence-electron chi connectivity index (χ4n) is 2.64. The maximum Gasteiger partial charge on any atom is 0.200 e. The van der Waals surface area contributed by atoms with Gasteiger partial charge in [-0.2, -0.15) is 0 Å². The number of thioether (sulfide) groups is 1. The second-order valence-corrected chi connectivity index (χ2v) is 6.51. The van der Waals surface area contributed by atoms with Crippen LogP contribution in [-0.2, 0) is 6.42 Å². The van der Waals surface area contributed by atoms with Crippen LogP contribution in [0.15, 0.2) is 12.1 Å². The predicted octanol–water partition coefficient (Wildman–Crippen LogP) is 1.87. The van der Waals surface area contributed by atoms with E-state index in [2.05, 4.69) is 10.2 Å². The molecule has 0 aliphatic carbocycles. The molecule has 0 amide bonds. The van der Waals surface area contributed by atoms with Gasteiger partial charge in [-0.25, -0.2) is 0 Å². The SMILES string of the molecule is COc1cc(CC2CNCCN2C(=S)SC)cc(OC)c1O. The molecule has 1 aromatic rings. The lowest BCUT2D eigenvalue weighted by Crippen LogP contribution is -2.53.